The number of hydrogen-bond acceptors (Lipinski definition) is 6. The van der Waals surface area contributed by atoms with Gasteiger partial charge in [0.25, 0.3) is 10.1 Å². The Morgan fingerprint density at radius 3 is 2.13 bits per heavy atom. The Morgan fingerprint density at radius 2 is 1.60 bits per heavy atom. The first-order valence-corrected chi connectivity index (χ1v) is 10.3. The van der Waals surface area contributed by atoms with E-state index in [4.69, 9.17) is 14.0 Å². The van der Waals surface area contributed by atoms with E-state index in [-0.39, 0.29) is 80.1 Å². The zero-order chi connectivity index (χ0) is 21.6. The largest absolute Gasteiger partial charge is 1.00 e. The van der Waals surface area contributed by atoms with Crippen molar-refractivity contribution < 1.29 is 83.4 Å². The van der Waals surface area contributed by atoms with E-state index in [2.05, 4.69) is 0 Å². The zero-order valence-electron chi connectivity index (χ0n) is 17.3. The summed E-state index contributed by atoms with van der Waals surface area (Å²) < 4.78 is 41.5. The molecule has 0 unspecified atom stereocenters. The normalized spacial score (nSPS) is 11.2. The second-order valence-corrected chi connectivity index (χ2v) is 8.14. The van der Waals surface area contributed by atoms with Crippen molar-refractivity contribution in [3.63, 3.8) is 0 Å². The number of esters is 2. The number of benzene rings is 2. The third-order valence-electron chi connectivity index (χ3n) is 3.67. The van der Waals surface area contributed by atoms with Gasteiger partial charge in [-0.15, -0.1) is 0 Å². The van der Waals surface area contributed by atoms with Crippen LogP contribution in [0, 0.1) is 5.92 Å². The third kappa shape index (κ3) is 8.42. The van der Waals surface area contributed by atoms with Gasteiger partial charge in [-0.2, -0.15) is 8.42 Å². The summed E-state index contributed by atoms with van der Waals surface area (Å²) in [5.74, 6) is -0.876. The molecule has 0 aromatic heterocycles. The van der Waals surface area contributed by atoms with Crippen LogP contribution in [-0.2, 0) is 19.6 Å². The molecule has 30 heavy (non-hydrogen) atoms. The summed E-state index contributed by atoms with van der Waals surface area (Å²) in [4.78, 5) is 23.5. The molecule has 0 radical (unpaired) electrons. The van der Waals surface area contributed by atoms with Crippen LogP contribution in [0.1, 0.15) is 42.3 Å². The zero-order valence-corrected chi connectivity index (χ0v) is 21.2. The quantitative estimate of drug-likeness (QED) is 0.216. The molecule has 2 rings (SSSR count). The van der Waals surface area contributed by atoms with Crippen LogP contribution in [0.25, 0.3) is 12.2 Å². The van der Waals surface area contributed by atoms with Crippen molar-refractivity contribution >= 4 is 34.2 Å². The molecule has 154 valence electrons. The van der Waals surface area contributed by atoms with Crippen molar-refractivity contribution in [2.45, 2.75) is 25.7 Å². The van der Waals surface area contributed by atoms with Gasteiger partial charge in [-0.05, 0) is 41.3 Å². The first-order chi connectivity index (χ1) is 13.6. The molecule has 0 spiro atoms. The number of carbonyl (C=O) groups excluding carboxylic acids is 2. The molecule has 0 heterocycles. The van der Waals surface area contributed by atoms with Gasteiger partial charge >= 0.3 is 63.3 Å². The predicted molar refractivity (Wildman–Crippen MR) is 108 cm³/mol. The topological polar surface area (TPSA) is 107 Å². The van der Waals surface area contributed by atoms with Gasteiger partial charge in [0, 0.05) is 6.92 Å². The minimum atomic E-state index is -4.25. The fraction of sp³-hybridized carbons (Fsp3) is 0.238. The van der Waals surface area contributed by atoms with E-state index in [9.17, 15) is 18.0 Å². The molecule has 2 aromatic carbocycles. The van der Waals surface area contributed by atoms with Gasteiger partial charge in [0.2, 0.25) is 0 Å². The summed E-state index contributed by atoms with van der Waals surface area (Å²) in [6, 6.07) is 10.4. The van der Waals surface area contributed by atoms with Gasteiger partial charge in [-0.1, -0.05) is 44.2 Å². The molecule has 7 nitrogen and oxygen atoms in total. The smallest absolute Gasteiger partial charge is 0.462 e. The molecule has 1 N–H and O–H groups in total. The second kappa shape index (κ2) is 11.9. The molecule has 9 heteroatoms. The van der Waals surface area contributed by atoms with Crippen molar-refractivity contribution in [3.05, 3.63) is 59.2 Å². The summed E-state index contributed by atoms with van der Waals surface area (Å²) in [6.07, 6.45) is 3.41. The van der Waals surface area contributed by atoms with Crippen LogP contribution in [0.15, 0.2) is 47.4 Å². The molecular weight excluding hydrogens is 435 g/mol. The van der Waals surface area contributed by atoms with Gasteiger partial charge in [0.1, 0.15) is 11.3 Å². The summed E-state index contributed by atoms with van der Waals surface area (Å²) in [6.45, 7) is 5.30. The maximum absolute atomic E-state index is 12.4. The average molecular weight is 458 g/mol. The molecule has 0 aliphatic heterocycles. The third-order valence-corrected chi connectivity index (χ3v) is 4.54. The second-order valence-electron chi connectivity index (χ2n) is 6.72. The van der Waals surface area contributed by atoms with Crippen LogP contribution in [0.3, 0.4) is 0 Å². The Bertz CT molecular complexity index is 1030. The van der Waals surface area contributed by atoms with E-state index < -0.39 is 22.1 Å². The molecule has 0 atom stereocenters. The fourth-order valence-corrected chi connectivity index (χ4v) is 2.80. The van der Waals surface area contributed by atoms with E-state index in [0.717, 1.165) is 0 Å². The van der Waals surface area contributed by atoms with Crippen LogP contribution in [-0.4, -0.2) is 31.5 Å². The van der Waals surface area contributed by atoms with E-state index in [1.165, 1.54) is 37.3 Å². The van der Waals surface area contributed by atoms with Gasteiger partial charge in [0.15, 0.2) is 0 Å². The van der Waals surface area contributed by atoms with Crippen molar-refractivity contribution in [2.24, 2.45) is 5.92 Å². The van der Waals surface area contributed by atoms with Crippen molar-refractivity contribution in [3.8, 4) is 5.75 Å². The van der Waals surface area contributed by atoms with Crippen LogP contribution in [0.2, 0.25) is 0 Å². The molecule has 2 aromatic rings. The first kappa shape index (κ1) is 26.7. The molecular formula is C21H22KO7S+. The number of rotatable bonds is 7. The Morgan fingerprint density at radius 1 is 1.03 bits per heavy atom. The van der Waals surface area contributed by atoms with Crippen molar-refractivity contribution in [1.82, 2.24) is 0 Å². The van der Waals surface area contributed by atoms with Gasteiger partial charge in [-0.3, -0.25) is 9.35 Å². The van der Waals surface area contributed by atoms with Crippen LogP contribution in [0.5, 0.6) is 5.75 Å². The summed E-state index contributed by atoms with van der Waals surface area (Å²) in [7, 11) is -4.25. The SMILES string of the molecule is CC(=O)Oc1ccc(/C=C/c2ccc(S(=O)(=O)O)cc2)cc1C(=O)OCC(C)C.[K+]. The summed E-state index contributed by atoms with van der Waals surface area (Å²) in [5, 5.41) is 0. The van der Waals surface area contributed by atoms with E-state index in [1.807, 2.05) is 13.8 Å². The van der Waals surface area contributed by atoms with Crippen molar-refractivity contribution in [2.75, 3.05) is 6.61 Å². The maximum Gasteiger partial charge on any atom is 1.00 e. The summed E-state index contributed by atoms with van der Waals surface area (Å²) in [5.41, 5.74) is 1.46. The number of carbonyl (C=O) groups is 2. The van der Waals surface area contributed by atoms with Gasteiger partial charge in [0.05, 0.1) is 11.5 Å². The Balaban J connectivity index is 0.00000450. The standard InChI is InChI=1S/C21H22O7S.K/c1-14(2)13-27-21(23)19-12-17(8-11-20(19)28-15(3)22)5-4-16-6-9-18(10-7-16)29(24,25)26;/h4-12,14H,13H2,1-3H3,(H,24,25,26);/q;+1/b5-4+;. The minimum Gasteiger partial charge on any atom is -0.462 e. The first-order valence-electron chi connectivity index (χ1n) is 8.81. The van der Waals surface area contributed by atoms with Crippen LogP contribution in [0.4, 0.5) is 0 Å². The van der Waals surface area contributed by atoms with E-state index in [1.54, 1.807) is 24.3 Å². The molecule has 0 saturated heterocycles. The monoisotopic (exact) mass is 457 g/mol. The molecule has 0 fully saturated rings. The van der Waals surface area contributed by atoms with Crippen LogP contribution >= 0.6 is 0 Å². The maximum atomic E-state index is 12.4. The molecule has 0 amide bonds. The Hall–Kier alpha value is -1.33. The number of ether oxygens (including phenoxy) is 2. The number of hydrogen-bond donors (Lipinski definition) is 1. The van der Waals surface area contributed by atoms with E-state index in [0.29, 0.717) is 11.1 Å². The fourth-order valence-electron chi connectivity index (χ4n) is 2.32. The molecule has 0 bridgehead atoms. The molecule has 0 saturated carbocycles. The van der Waals surface area contributed by atoms with Crippen molar-refractivity contribution in [1.29, 1.82) is 0 Å². The van der Waals surface area contributed by atoms with Crippen LogP contribution < -0.4 is 56.1 Å². The summed E-state index contributed by atoms with van der Waals surface area (Å²) >= 11 is 0. The minimum absolute atomic E-state index is 0. The predicted octanol–water partition coefficient (Wildman–Crippen LogP) is 0.846. The average Bonchev–Trinajstić information content (AvgIpc) is 2.64. The van der Waals surface area contributed by atoms with Gasteiger partial charge in [-0.25, -0.2) is 4.79 Å². The molecule has 0 aliphatic rings. The Labute approximate surface area is 218 Å². The van der Waals surface area contributed by atoms with E-state index >= 15 is 0 Å². The Kier molecular flexibility index (Phi) is 10.6. The molecule has 0 aliphatic carbocycles. The van der Waals surface area contributed by atoms with Gasteiger partial charge < -0.3 is 9.47 Å².